The average Bonchev–Trinajstić information content (AvgIpc) is 3.04. The zero-order valence-corrected chi connectivity index (χ0v) is 13.9. The first-order chi connectivity index (χ1) is 10.6. The van der Waals surface area contributed by atoms with E-state index in [0.29, 0.717) is 17.4 Å². The Hall–Kier alpha value is -2.01. The second-order valence-electron chi connectivity index (χ2n) is 5.24. The van der Waals surface area contributed by atoms with Crippen molar-refractivity contribution in [2.75, 3.05) is 13.7 Å². The summed E-state index contributed by atoms with van der Waals surface area (Å²) >= 11 is 1.65. The minimum absolute atomic E-state index is 0.00812. The third-order valence-electron chi connectivity index (χ3n) is 3.26. The molecule has 0 spiro atoms. The van der Waals surface area contributed by atoms with E-state index < -0.39 is 0 Å². The number of amides is 1. The molecule has 0 aliphatic rings. The second kappa shape index (κ2) is 7.84. The maximum atomic E-state index is 12.2. The molecule has 0 radical (unpaired) electrons. The molecule has 1 aromatic carbocycles. The number of benzene rings is 1. The van der Waals surface area contributed by atoms with Gasteiger partial charge >= 0.3 is 0 Å². The molecule has 0 saturated carbocycles. The summed E-state index contributed by atoms with van der Waals surface area (Å²) in [6.45, 7) is 4.15. The van der Waals surface area contributed by atoms with E-state index in [9.17, 15) is 4.79 Å². The van der Waals surface area contributed by atoms with Crippen LogP contribution in [0.4, 0.5) is 0 Å². The van der Waals surface area contributed by atoms with Crippen molar-refractivity contribution in [3.63, 3.8) is 0 Å². The number of thiophene rings is 1. The van der Waals surface area contributed by atoms with Crippen LogP contribution in [0.5, 0.6) is 11.5 Å². The highest BCUT2D eigenvalue weighted by atomic mass is 32.1. The normalized spacial score (nSPS) is 12.0. The lowest BCUT2D eigenvalue weighted by atomic mass is 10.0. The fraction of sp³-hybridized carbons (Fsp3) is 0.353. The summed E-state index contributed by atoms with van der Waals surface area (Å²) in [4.78, 5) is 13.3. The molecule has 22 heavy (non-hydrogen) atoms. The van der Waals surface area contributed by atoms with Crippen molar-refractivity contribution in [3.8, 4) is 11.5 Å². The molecule has 1 N–H and O–H groups in total. The van der Waals surface area contributed by atoms with Crippen LogP contribution >= 0.6 is 11.3 Å². The van der Waals surface area contributed by atoms with Gasteiger partial charge in [0.25, 0.3) is 5.91 Å². The van der Waals surface area contributed by atoms with Gasteiger partial charge in [0.2, 0.25) is 0 Å². The van der Waals surface area contributed by atoms with E-state index in [0.717, 1.165) is 4.88 Å². The van der Waals surface area contributed by atoms with E-state index >= 15 is 0 Å². The highest BCUT2D eigenvalue weighted by Gasteiger charge is 2.19. The number of rotatable bonds is 7. The van der Waals surface area contributed by atoms with Gasteiger partial charge in [-0.05, 0) is 29.5 Å². The van der Waals surface area contributed by atoms with Gasteiger partial charge in [-0.2, -0.15) is 0 Å². The van der Waals surface area contributed by atoms with Gasteiger partial charge < -0.3 is 14.8 Å². The molecule has 0 fully saturated rings. The van der Waals surface area contributed by atoms with Crippen LogP contribution in [0.2, 0.25) is 0 Å². The van der Waals surface area contributed by atoms with Crippen molar-refractivity contribution in [1.29, 1.82) is 0 Å². The molecular weight excluding hydrogens is 298 g/mol. The maximum absolute atomic E-state index is 12.2. The molecule has 0 bridgehead atoms. The Balaban J connectivity index is 1.94. The molecular formula is C17H21NO3S. The Morgan fingerprint density at radius 3 is 2.50 bits per heavy atom. The first-order valence-electron chi connectivity index (χ1n) is 7.20. The number of hydrogen-bond donors (Lipinski definition) is 1. The predicted molar refractivity (Wildman–Crippen MR) is 88.5 cm³/mol. The minimum Gasteiger partial charge on any atom is -0.493 e. The Labute approximate surface area is 135 Å². The van der Waals surface area contributed by atoms with Crippen LogP contribution in [0, 0.1) is 5.92 Å². The van der Waals surface area contributed by atoms with Gasteiger partial charge in [0, 0.05) is 4.88 Å². The Morgan fingerprint density at radius 2 is 1.91 bits per heavy atom. The monoisotopic (exact) mass is 319 g/mol. The lowest BCUT2D eigenvalue weighted by molar-refractivity contribution is -0.124. The summed E-state index contributed by atoms with van der Waals surface area (Å²) in [5.74, 6) is 1.36. The maximum Gasteiger partial charge on any atom is 0.258 e. The Bertz CT molecular complexity index is 596. The summed E-state index contributed by atoms with van der Waals surface area (Å²) in [7, 11) is 1.58. The Kier molecular flexibility index (Phi) is 5.83. The summed E-state index contributed by atoms with van der Waals surface area (Å²) in [6, 6.07) is 11.3. The van der Waals surface area contributed by atoms with Gasteiger partial charge in [0.05, 0.1) is 13.2 Å². The molecule has 1 aromatic heterocycles. The fourth-order valence-electron chi connectivity index (χ4n) is 2.13. The van der Waals surface area contributed by atoms with Crippen LogP contribution in [0.1, 0.15) is 24.8 Å². The van der Waals surface area contributed by atoms with Crippen LogP contribution in [-0.2, 0) is 4.79 Å². The van der Waals surface area contributed by atoms with Crippen LogP contribution in [0.25, 0.3) is 0 Å². The van der Waals surface area contributed by atoms with Crippen molar-refractivity contribution in [2.45, 2.75) is 19.9 Å². The van der Waals surface area contributed by atoms with E-state index in [2.05, 4.69) is 19.2 Å². The van der Waals surface area contributed by atoms with E-state index in [-0.39, 0.29) is 18.6 Å². The third-order valence-corrected chi connectivity index (χ3v) is 4.22. The first kappa shape index (κ1) is 16.4. The van der Waals surface area contributed by atoms with Crippen molar-refractivity contribution in [2.24, 2.45) is 5.92 Å². The SMILES string of the molecule is COc1ccccc1OCC(=O)N[C@H](c1cccs1)C(C)C. The van der Waals surface area contributed by atoms with Crippen LogP contribution in [0.15, 0.2) is 41.8 Å². The number of carbonyl (C=O) groups is 1. The number of ether oxygens (including phenoxy) is 2. The summed E-state index contributed by atoms with van der Waals surface area (Å²) in [5.41, 5.74) is 0. The topological polar surface area (TPSA) is 47.6 Å². The smallest absolute Gasteiger partial charge is 0.258 e. The van der Waals surface area contributed by atoms with Crippen LogP contribution in [-0.4, -0.2) is 19.6 Å². The number of para-hydroxylation sites is 2. The van der Waals surface area contributed by atoms with E-state index in [1.54, 1.807) is 30.6 Å². The molecule has 118 valence electrons. The minimum atomic E-state index is -0.141. The zero-order chi connectivity index (χ0) is 15.9. The molecule has 2 rings (SSSR count). The number of methoxy groups -OCH3 is 1. The molecule has 1 heterocycles. The van der Waals surface area contributed by atoms with E-state index in [1.165, 1.54) is 0 Å². The van der Waals surface area contributed by atoms with Crippen molar-refractivity contribution < 1.29 is 14.3 Å². The quantitative estimate of drug-likeness (QED) is 0.847. The molecule has 0 unspecified atom stereocenters. The molecule has 0 aliphatic carbocycles. The molecule has 5 heteroatoms. The summed E-state index contributed by atoms with van der Waals surface area (Å²) < 4.78 is 10.8. The fourth-order valence-corrected chi connectivity index (χ4v) is 3.08. The lowest BCUT2D eigenvalue weighted by Gasteiger charge is -2.21. The first-order valence-corrected chi connectivity index (χ1v) is 8.08. The highest BCUT2D eigenvalue weighted by molar-refractivity contribution is 7.10. The van der Waals surface area contributed by atoms with Gasteiger partial charge in [-0.1, -0.05) is 32.0 Å². The number of carbonyl (C=O) groups excluding carboxylic acids is 1. The van der Waals surface area contributed by atoms with E-state index in [4.69, 9.17) is 9.47 Å². The van der Waals surface area contributed by atoms with Gasteiger partial charge in [0.15, 0.2) is 18.1 Å². The molecule has 0 aliphatic heterocycles. The molecule has 2 aromatic rings. The standard InChI is InChI=1S/C17H21NO3S/c1-12(2)17(15-9-6-10-22-15)18-16(19)11-21-14-8-5-4-7-13(14)20-3/h4-10,12,17H,11H2,1-3H3,(H,18,19)/t17-/m0/s1. The molecule has 1 amide bonds. The van der Waals surface area contributed by atoms with Gasteiger partial charge in [0.1, 0.15) is 0 Å². The van der Waals surface area contributed by atoms with Crippen molar-refractivity contribution in [1.82, 2.24) is 5.32 Å². The second-order valence-corrected chi connectivity index (χ2v) is 6.22. The third kappa shape index (κ3) is 4.24. The van der Waals surface area contributed by atoms with Crippen molar-refractivity contribution in [3.05, 3.63) is 46.7 Å². The largest absolute Gasteiger partial charge is 0.493 e. The summed E-state index contributed by atoms with van der Waals surface area (Å²) in [5, 5.41) is 5.05. The highest BCUT2D eigenvalue weighted by Crippen LogP contribution is 2.27. The predicted octanol–water partition coefficient (Wildman–Crippen LogP) is 3.65. The van der Waals surface area contributed by atoms with Crippen LogP contribution < -0.4 is 14.8 Å². The molecule has 1 atom stereocenters. The number of hydrogen-bond acceptors (Lipinski definition) is 4. The summed E-state index contributed by atoms with van der Waals surface area (Å²) in [6.07, 6.45) is 0. The molecule has 4 nitrogen and oxygen atoms in total. The van der Waals surface area contributed by atoms with E-state index in [1.807, 2.05) is 29.6 Å². The number of nitrogens with one attached hydrogen (secondary N) is 1. The van der Waals surface area contributed by atoms with Crippen LogP contribution in [0.3, 0.4) is 0 Å². The zero-order valence-electron chi connectivity index (χ0n) is 13.0. The van der Waals surface area contributed by atoms with Gasteiger partial charge in [-0.25, -0.2) is 0 Å². The average molecular weight is 319 g/mol. The van der Waals surface area contributed by atoms with Gasteiger partial charge in [-0.15, -0.1) is 11.3 Å². The van der Waals surface area contributed by atoms with Gasteiger partial charge in [-0.3, -0.25) is 4.79 Å². The Morgan fingerprint density at radius 1 is 1.18 bits per heavy atom. The van der Waals surface area contributed by atoms with Crippen molar-refractivity contribution >= 4 is 17.2 Å². The molecule has 0 saturated heterocycles. The lowest BCUT2D eigenvalue weighted by Crippen LogP contribution is -2.34.